The van der Waals surface area contributed by atoms with Crippen molar-refractivity contribution in [3.63, 3.8) is 0 Å². The average Bonchev–Trinajstić information content (AvgIpc) is 2.37. The topological polar surface area (TPSA) is 87.3 Å². The average molecular weight is 317 g/mol. The van der Waals surface area contributed by atoms with Gasteiger partial charge in [0.05, 0.1) is 12.3 Å². The lowest BCUT2D eigenvalue weighted by Gasteiger charge is -2.15. The number of nitrogens with one attached hydrogen (secondary N) is 3. The molecule has 0 bridgehead atoms. The van der Waals surface area contributed by atoms with Gasteiger partial charge in [-0.05, 0) is 19.4 Å². The molecule has 0 spiro atoms. The zero-order chi connectivity index (χ0) is 15.9. The lowest BCUT2D eigenvalue weighted by molar-refractivity contribution is 0.237. The number of carbonyl (C=O) groups excluding carboxylic acids is 1. The van der Waals surface area contributed by atoms with E-state index in [0.29, 0.717) is 18.5 Å². The van der Waals surface area contributed by atoms with Gasteiger partial charge in [0.2, 0.25) is 10.0 Å². The summed E-state index contributed by atoms with van der Waals surface area (Å²) in [5.74, 6) is -0.373. The van der Waals surface area contributed by atoms with E-state index in [-0.39, 0.29) is 12.4 Å². The van der Waals surface area contributed by atoms with Crippen LogP contribution in [0.4, 0.5) is 9.18 Å². The first-order valence-corrected chi connectivity index (χ1v) is 8.42. The standard InChI is InChI=1S/C13H20FN3O3S/c1-10(11-6-3-4-7-12(11)14)17-13(18)15-8-5-9-16-21(2,19)20/h3-4,6-7,10,16H,5,8-9H2,1-2H3,(H2,15,17,18)/t10-/m1/s1. The maximum atomic E-state index is 13.5. The summed E-state index contributed by atoms with van der Waals surface area (Å²) in [6.07, 6.45) is 1.54. The van der Waals surface area contributed by atoms with E-state index in [4.69, 9.17) is 0 Å². The van der Waals surface area contributed by atoms with Gasteiger partial charge in [-0.2, -0.15) is 0 Å². The highest BCUT2D eigenvalue weighted by Crippen LogP contribution is 2.15. The summed E-state index contributed by atoms with van der Waals surface area (Å²) in [5, 5.41) is 5.20. The summed E-state index contributed by atoms with van der Waals surface area (Å²) < 4.78 is 37.5. The molecule has 1 aromatic carbocycles. The molecule has 3 N–H and O–H groups in total. The first kappa shape index (κ1) is 17.4. The summed E-state index contributed by atoms with van der Waals surface area (Å²) in [5.41, 5.74) is 0.409. The van der Waals surface area contributed by atoms with Crippen molar-refractivity contribution in [2.24, 2.45) is 0 Å². The van der Waals surface area contributed by atoms with Gasteiger partial charge in [0, 0.05) is 18.7 Å². The largest absolute Gasteiger partial charge is 0.338 e. The van der Waals surface area contributed by atoms with Gasteiger partial charge in [0.25, 0.3) is 0 Å². The molecule has 1 atom stereocenters. The molecule has 2 amide bonds. The lowest BCUT2D eigenvalue weighted by atomic mass is 10.1. The SMILES string of the molecule is C[C@@H](NC(=O)NCCCNS(C)(=O)=O)c1ccccc1F. The zero-order valence-electron chi connectivity index (χ0n) is 12.0. The maximum absolute atomic E-state index is 13.5. The van der Waals surface area contributed by atoms with Gasteiger partial charge >= 0.3 is 6.03 Å². The van der Waals surface area contributed by atoms with Gasteiger partial charge in [-0.15, -0.1) is 0 Å². The molecular formula is C13H20FN3O3S. The fourth-order valence-corrected chi connectivity index (χ4v) is 2.21. The molecule has 8 heteroatoms. The number of sulfonamides is 1. The van der Waals surface area contributed by atoms with Crippen LogP contribution in [0.2, 0.25) is 0 Å². The Balaban J connectivity index is 2.29. The Morgan fingerprint density at radius 3 is 2.57 bits per heavy atom. The Hall–Kier alpha value is -1.67. The molecule has 21 heavy (non-hydrogen) atoms. The fourth-order valence-electron chi connectivity index (χ4n) is 1.70. The highest BCUT2D eigenvalue weighted by molar-refractivity contribution is 7.88. The summed E-state index contributed by atoms with van der Waals surface area (Å²) in [6.45, 7) is 2.25. The van der Waals surface area contributed by atoms with Gasteiger partial charge in [-0.25, -0.2) is 22.3 Å². The fraction of sp³-hybridized carbons (Fsp3) is 0.462. The number of halogens is 1. The number of rotatable bonds is 7. The summed E-state index contributed by atoms with van der Waals surface area (Å²) in [7, 11) is -3.20. The van der Waals surface area contributed by atoms with Gasteiger partial charge in [-0.1, -0.05) is 18.2 Å². The van der Waals surface area contributed by atoms with Gasteiger partial charge in [-0.3, -0.25) is 0 Å². The first-order chi connectivity index (χ1) is 9.79. The Labute approximate surface area is 124 Å². The molecule has 0 aliphatic heterocycles. The molecule has 0 unspecified atom stereocenters. The van der Waals surface area contributed by atoms with E-state index in [0.717, 1.165) is 6.26 Å². The van der Waals surface area contributed by atoms with Crippen LogP contribution >= 0.6 is 0 Å². The molecule has 118 valence electrons. The quantitative estimate of drug-likeness (QED) is 0.659. The van der Waals surface area contributed by atoms with Crippen molar-refractivity contribution in [1.82, 2.24) is 15.4 Å². The minimum absolute atomic E-state index is 0.252. The second-order valence-electron chi connectivity index (χ2n) is 4.66. The number of hydrogen-bond donors (Lipinski definition) is 3. The number of amides is 2. The van der Waals surface area contributed by atoms with E-state index in [1.165, 1.54) is 6.07 Å². The molecular weight excluding hydrogens is 297 g/mol. The molecule has 0 aliphatic carbocycles. The van der Waals surface area contributed by atoms with Crippen molar-refractivity contribution < 1.29 is 17.6 Å². The normalized spacial score (nSPS) is 12.7. The second kappa shape index (κ2) is 7.94. The lowest BCUT2D eigenvalue weighted by Crippen LogP contribution is -2.38. The van der Waals surface area contributed by atoms with Crippen molar-refractivity contribution in [3.05, 3.63) is 35.6 Å². The monoisotopic (exact) mass is 317 g/mol. The van der Waals surface area contributed by atoms with E-state index in [9.17, 15) is 17.6 Å². The number of benzene rings is 1. The van der Waals surface area contributed by atoms with Crippen LogP contribution in [0.25, 0.3) is 0 Å². The first-order valence-electron chi connectivity index (χ1n) is 6.53. The summed E-state index contributed by atoms with van der Waals surface area (Å²) >= 11 is 0. The molecule has 0 saturated heterocycles. The van der Waals surface area contributed by atoms with Crippen LogP contribution < -0.4 is 15.4 Å². The highest BCUT2D eigenvalue weighted by atomic mass is 32.2. The molecule has 0 fully saturated rings. The third kappa shape index (κ3) is 7.05. The van der Waals surface area contributed by atoms with Crippen molar-refractivity contribution >= 4 is 16.1 Å². The molecule has 0 heterocycles. The molecule has 1 rings (SSSR count). The van der Waals surface area contributed by atoms with E-state index < -0.39 is 22.1 Å². The molecule has 0 saturated carbocycles. The number of urea groups is 1. The van der Waals surface area contributed by atoms with Gasteiger partial charge in [0.1, 0.15) is 5.82 Å². The van der Waals surface area contributed by atoms with E-state index in [1.54, 1.807) is 25.1 Å². The van der Waals surface area contributed by atoms with Crippen LogP contribution in [-0.4, -0.2) is 33.8 Å². The van der Waals surface area contributed by atoms with Crippen LogP contribution in [0.1, 0.15) is 24.9 Å². The Kier molecular flexibility index (Phi) is 6.57. The Morgan fingerprint density at radius 1 is 1.29 bits per heavy atom. The van der Waals surface area contributed by atoms with Crippen LogP contribution in [0, 0.1) is 5.82 Å². The van der Waals surface area contributed by atoms with Crippen LogP contribution in [0.15, 0.2) is 24.3 Å². The summed E-state index contributed by atoms with van der Waals surface area (Å²) in [6, 6.07) is 5.34. The maximum Gasteiger partial charge on any atom is 0.315 e. The molecule has 0 aromatic heterocycles. The van der Waals surface area contributed by atoms with Crippen molar-refractivity contribution in [2.75, 3.05) is 19.3 Å². The van der Waals surface area contributed by atoms with Gasteiger partial charge < -0.3 is 10.6 Å². The third-order valence-corrected chi connectivity index (χ3v) is 3.45. The van der Waals surface area contributed by atoms with Crippen molar-refractivity contribution in [3.8, 4) is 0 Å². The minimum Gasteiger partial charge on any atom is -0.338 e. The molecule has 0 aliphatic rings. The van der Waals surface area contributed by atoms with Crippen LogP contribution in [0.5, 0.6) is 0 Å². The van der Waals surface area contributed by atoms with E-state index in [1.807, 2.05) is 0 Å². The van der Waals surface area contributed by atoms with Crippen molar-refractivity contribution in [2.45, 2.75) is 19.4 Å². The van der Waals surface area contributed by atoms with Crippen LogP contribution in [0.3, 0.4) is 0 Å². The van der Waals surface area contributed by atoms with E-state index >= 15 is 0 Å². The predicted octanol–water partition coefficient (Wildman–Crippen LogP) is 1.13. The van der Waals surface area contributed by atoms with Gasteiger partial charge in [0.15, 0.2) is 0 Å². The molecule has 0 radical (unpaired) electrons. The zero-order valence-corrected chi connectivity index (χ0v) is 12.8. The predicted molar refractivity (Wildman–Crippen MR) is 78.8 cm³/mol. The Morgan fingerprint density at radius 2 is 1.95 bits per heavy atom. The van der Waals surface area contributed by atoms with E-state index in [2.05, 4.69) is 15.4 Å². The molecule has 6 nitrogen and oxygen atoms in total. The minimum atomic E-state index is -3.20. The van der Waals surface area contributed by atoms with Crippen LogP contribution in [-0.2, 0) is 10.0 Å². The Bertz CT molecular complexity index is 578. The second-order valence-corrected chi connectivity index (χ2v) is 6.50. The smallest absolute Gasteiger partial charge is 0.315 e. The number of hydrogen-bond acceptors (Lipinski definition) is 3. The molecule has 1 aromatic rings. The third-order valence-electron chi connectivity index (χ3n) is 2.72. The highest BCUT2D eigenvalue weighted by Gasteiger charge is 2.12. The van der Waals surface area contributed by atoms with Crippen molar-refractivity contribution in [1.29, 1.82) is 0 Å². The number of carbonyl (C=O) groups is 1. The summed E-state index contributed by atoms with van der Waals surface area (Å²) in [4.78, 5) is 11.6.